The molecule has 2 N–H and O–H groups in total. The van der Waals surface area contributed by atoms with Crippen molar-refractivity contribution in [1.82, 2.24) is 0 Å². The van der Waals surface area contributed by atoms with Gasteiger partial charge >= 0.3 is 0 Å². The number of thioether (sulfide) groups is 1. The highest BCUT2D eigenvalue weighted by atomic mass is 32.2. The normalized spacial score (nSPS) is 19.9. The summed E-state index contributed by atoms with van der Waals surface area (Å²) in [5.41, 5.74) is 6.22. The molecule has 1 aromatic rings. The van der Waals surface area contributed by atoms with Gasteiger partial charge in [0.1, 0.15) is 0 Å². The minimum Gasteiger partial charge on any atom is -0.369 e. The number of primary amides is 1. The van der Waals surface area contributed by atoms with Crippen LogP contribution in [0.25, 0.3) is 0 Å². The summed E-state index contributed by atoms with van der Waals surface area (Å²) >= 11 is 1.59. The second kappa shape index (κ2) is 5.44. The van der Waals surface area contributed by atoms with Gasteiger partial charge in [0.05, 0.1) is 11.6 Å². The largest absolute Gasteiger partial charge is 0.369 e. The first kappa shape index (κ1) is 13.0. The van der Waals surface area contributed by atoms with Crippen molar-refractivity contribution >= 4 is 29.3 Å². The van der Waals surface area contributed by atoms with Crippen molar-refractivity contribution in [3.8, 4) is 0 Å². The van der Waals surface area contributed by atoms with Crippen LogP contribution in [-0.2, 0) is 9.59 Å². The quantitative estimate of drug-likeness (QED) is 0.844. The molecule has 1 aromatic carbocycles. The van der Waals surface area contributed by atoms with Gasteiger partial charge in [-0.3, -0.25) is 9.59 Å². The molecule has 0 aromatic heterocycles. The van der Waals surface area contributed by atoms with Crippen LogP contribution >= 0.6 is 11.8 Å². The smallest absolute Gasteiger partial charge is 0.227 e. The second-order valence-electron chi connectivity index (χ2n) is 4.31. The third kappa shape index (κ3) is 2.51. The van der Waals surface area contributed by atoms with Gasteiger partial charge in [-0.15, -0.1) is 11.8 Å². The number of hydrogen-bond acceptors (Lipinski definition) is 3. The summed E-state index contributed by atoms with van der Waals surface area (Å²) in [5.74, 6) is -0.499. The van der Waals surface area contributed by atoms with Gasteiger partial charge in [0.15, 0.2) is 0 Å². The Morgan fingerprint density at radius 2 is 2.17 bits per heavy atom. The minimum absolute atomic E-state index is 0.0639. The topological polar surface area (TPSA) is 63.4 Å². The molecule has 4 nitrogen and oxygen atoms in total. The fourth-order valence-electron chi connectivity index (χ4n) is 2.16. The molecule has 1 fully saturated rings. The van der Waals surface area contributed by atoms with E-state index in [2.05, 4.69) is 0 Å². The Kier molecular flexibility index (Phi) is 3.91. The van der Waals surface area contributed by atoms with E-state index < -0.39 is 0 Å². The minimum atomic E-state index is -0.325. The molecule has 0 saturated carbocycles. The van der Waals surface area contributed by atoms with E-state index in [0.717, 1.165) is 10.6 Å². The molecule has 0 radical (unpaired) electrons. The van der Waals surface area contributed by atoms with Crippen molar-refractivity contribution < 1.29 is 9.59 Å². The standard InChI is InChI=1S/C13H16N2O2S/c1-18-11-5-3-2-4-10(11)15-8-9(13(14)17)6-7-12(15)16/h2-5,9H,6-8H2,1H3,(H2,14,17)/t9-/m0/s1. The van der Waals surface area contributed by atoms with Crippen molar-refractivity contribution in [2.45, 2.75) is 17.7 Å². The van der Waals surface area contributed by atoms with Crippen molar-refractivity contribution in [2.75, 3.05) is 17.7 Å². The molecule has 1 saturated heterocycles. The van der Waals surface area contributed by atoms with E-state index in [-0.39, 0.29) is 17.7 Å². The van der Waals surface area contributed by atoms with Gasteiger partial charge in [-0.05, 0) is 24.8 Å². The number of hydrogen-bond donors (Lipinski definition) is 1. The van der Waals surface area contributed by atoms with Gasteiger partial charge < -0.3 is 10.6 Å². The summed E-state index contributed by atoms with van der Waals surface area (Å²) < 4.78 is 0. The predicted octanol–water partition coefficient (Wildman–Crippen LogP) is 1.64. The molecule has 2 rings (SSSR count). The van der Waals surface area contributed by atoms with Gasteiger partial charge in [0.2, 0.25) is 11.8 Å². The van der Waals surface area contributed by atoms with E-state index >= 15 is 0 Å². The van der Waals surface area contributed by atoms with Crippen LogP contribution in [0.4, 0.5) is 5.69 Å². The lowest BCUT2D eigenvalue weighted by Gasteiger charge is -2.32. The SMILES string of the molecule is CSc1ccccc1N1C[C@@H](C(N)=O)CCC1=O. The maximum atomic E-state index is 12.0. The molecular formula is C13H16N2O2S. The Labute approximate surface area is 111 Å². The number of carbonyl (C=O) groups is 2. The monoisotopic (exact) mass is 264 g/mol. The van der Waals surface area contributed by atoms with Gasteiger partial charge in [-0.25, -0.2) is 0 Å². The zero-order valence-corrected chi connectivity index (χ0v) is 11.1. The molecule has 1 aliphatic rings. The Morgan fingerprint density at radius 3 is 2.83 bits per heavy atom. The van der Waals surface area contributed by atoms with Gasteiger partial charge in [-0.2, -0.15) is 0 Å². The van der Waals surface area contributed by atoms with Crippen molar-refractivity contribution in [1.29, 1.82) is 0 Å². The zero-order valence-electron chi connectivity index (χ0n) is 10.3. The summed E-state index contributed by atoms with van der Waals surface area (Å²) in [7, 11) is 0. The third-order valence-corrected chi connectivity index (χ3v) is 3.97. The lowest BCUT2D eigenvalue weighted by atomic mass is 9.96. The Balaban J connectivity index is 2.29. The summed E-state index contributed by atoms with van der Waals surface area (Å²) in [6.07, 6.45) is 2.92. The van der Waals surface area contributed by atoms with Crippen LogP contribution in [0.5, 0.6) is 0 Å². The Morgan fingerprint density at radius 1 is 1.44 bits per heavy atom. The molecule has 1 atom stereocenters. The van der Waals surface area contributed by atoms with Crippen LogP contribution < -0.4 is 10.6 Å². The van der Waals surface area contributed by atoms with Crippen molar-refractivity contribution in [2.24, 2.45) is 11.7 Å². The summed E-state index contributed by atoms with van der Waals surface area (Å²) in [5, 5.41) is 0. The second-order valence-corrected chi connectivity index (χ2v) is 5.16. The molecule has 0 bridgehead atoms. The number of nitrogens with two attached hydrogens (primary N) is 1. The summed E-state index contributed by atoms with van der Waals surface area (Å²) in [6.45, 7) is 0.395. The fourth-order valence-corrected chi connectivity index (χ4v) is 2.77. The molecule has 1 heterocycles. The van der Waals surface area contributed by atoms with Crippen LogP contribution in [-0.4, -0.2) is 24.6 Å². The number of benzene rings is 1. The highest BCUT2D eigenvalue weighted by Crippen LogP contribution is 2.31. The number of anilines is 1. The average Bonchev–Trinajstić information content (AvgIpc) is 2.39. The molecular weight excluding hydrogens is 248 g/mol. The van der Waals surface area contributed by atoms with E-state index in [9.17, 15) is 9.59 Å². The van der Waals surface area contributed by atoms with Crippen LogP contribution in [0.3, 0.4) is 0 Å². The molecule has 5 heteroatoms. The summed E-state index contributed by atoms with van der Waals surface area (Å²) in [6, 6.07) is 7.72. The van der Waals surface area contributed by atoms with Crippen LogP contribution in [0.1, 0.15) is 12.8 Å². The highest BCUT2D eigenvalue weighted by molar-refractivity contribution is 7.98. The Hall–Kier alpha value is -1.49. The lowest BCUT2D eigenvalue weighted by molar-refractivity contribution is -0.125. The number of para-hydroxylation sites is 1. The Bertz CT molecular complexity index is 476. The van der Waals surface area contributed by atoms with Crippen LogP contribution in [0.15, 0.2) is 29.2 Å². The van der Waals surface area contributed by atoms with Gasteiger partial charge in [-0.1, -0.05) is 12.1 Å². The van der Waals surface area contributed by atoms with E-state index in [4.69, 9.17) is 5.73 Å². The molecule has 18 heavy (non-hydrogen) atoms. The highest BCUT2D eigenvalue weighted by Gasteiger charge is 2.30. The predicted molar refractivity (Wildman–Crippen MR) is 72.5 cm³/mol. The van der Waals surface area contributed by atoms with E-state index in [0.29, 0.717) is 19.4 Å². The first-order valence-electron chi connectivity index (χ1n) is 5.86. The van der Waals surface area contributed by atoms with Crippen LogP contribution in [0.2, 0.25) is 0 Å². The maximum absolute atomic E-state index is 12.0. The fraction of sp³-hybridized carbons (Fsp3) is 0.385. The van der Waals surface area contributed by atoms with E-state index in [1.165, 1.54) is 0 Å². The number of piperidine rings is 1. The average molecular weight is 264 g/mol. The molecule has 0 spiro atoms. The third-order valence-electron chi connectivity index (χ3n) is 3.19. The van der Waals surface area contributed by atoms with Gasteiger partial charge in [0.25, 0.3) is 0 Å². The summed E-state index contributed by atoms with van der Waals surface area (Å²) in [4.78, 5) is 26.0. The zero-order chi connectivity index (χ0) is 13.1. The number of carbonyl (C=O) groups excluding carboxylic acids is 2. The lowest BCUT2D eigenvalue weighted by Crippen LogP contribution is -2.44. The first-order valence-corrected chi connectivity index (χ1v) is 7.08. The van der Waals surface area contributed by atoms with Crippen molar-refractivity contribution in [3.63, 3.8) is 0 Å². The van der Waals surface area contributed by atoms with Crippen molar-refractivity contribution in [3.05, 3.63) is 24.3 Å². The first-order chi connectivity index (χ1) is 8.63. The maximum Gasteiger partial charge on any atom is 0.227 e. The number of rotatable bonds is 3. The number of nitrogens with zero attached hydrogens (tertiary/aromatic N) is 1. The van der Waals surface area contributed by atoms with E-state index in [1.807, 2.05) is 30.5 Å². The van der Waals surface area contributed by atoms with Crippen LogP contribution in [0, 0.1) is 5.92 Å². The molecule has 0 aliphatic carbocycles. The molecule has 1 aliphatic heterocycles. The number of amides is 2. The van der Waals surface area contributed by atoms with E-state index in [1.54, 1.807) is 16.7 Å². The molecule has 2 amide bonds. The molecule has 0 unspecified atom stereocenters. The molecule has 96 valence electrons. The van der Waals surface area contributed by atoms with Gasteiger partial charge in [0, 0.05) is 17.9 Å².